The van der Waals surface area contributed by atoms with Crippen LogP contribution in [-0.4, -0.2) is 17.9 Å². The van der Waals surface area contributed by atoms with E-state index in [0.717, 1.165) is 18.4 Å². The molecule has 2 bridgehead atoms. The highest BCUT2D eigenvalue weighted by Gasteiger charge is 2.44. The summed E-state index contributed by atoms with van der Waals surface area (Å²) in [5.41, 5.74) is 3.60. The van der Waals surface area contributed by atoms with Crippen molar-refractivity contribution in [1.29, 1.82) is 0 Å². The second kappa shape index (κ2) is 5.76. The van der Waals surface area contributed by atoms with Gasteiger partial charge in [-0.2, -0.15) is 0 Å². The fourth-order valence-electron chi connectivity index (χ4n) is 4.10. The lowest BCUT2D eigenvalue weighted by Crippen LogP contribution is -2.47. The van der Waals surface area contributed by atoms with E-state index >= 15 is 0 Å². The van der Waals surface area contributed by atoms with Crippen LogP contribution >= 0.6 is 0 Å². The van der Waals surface area contributed by atoms with Crippen LogP contribution in [0.3, 0.4) is 0 Å². The summed E-state index contributed by atoms with van der Waals surface area (Å²) in [4.78, 5) is 12.5. The molecule has 2 aliphatic rings. The summed E-state index contributed by atoms with van der Waals surface area (Å²) in [5, 5.41) is 3.65. The van der Waals surface area contributed by atoms with E-state index in [1.165, 1.54) is 17.5 Å². The minimum atomic E-state index is 0.157. The molecule has 2 fully saturated rings. The Hall–Kier alpha value is -1.41. The van der Waals surface area contributed by atoms with Crippen LogP contribution in [0, 0.1) is 5.92 Å². The van der Waals surface area contributed by atoms with Gasteiger partial charge < -0.3 is 5.32 Å². The Morgan fingerprint density at radius 3 is 2.62 bits per heavy atom. The number of allylic oxidation sites excluding steroid dienone is 1. The summed E-state index contributed by atoms with van der Waals surface area (Å²) in [6.45, 7) is 8.02. The Morgan fingerprint density at radius 1 is 1.29 bits per heavy atom. The van der Waals surface area contributed by atoms with Crippen molar-refractivity contribution in [1.82, 2.24) is 5.32 Å². The minimum absolute atomic E-state index is 0.157. The first-order chi connectivity index (χ1) is 10.1. The van der Waals surface area contributed by atoms with Crippen molar-refractivity contribution in [3.05, 3.63) is 42.0 Å². The number of piperidine rings is 1. The summed E-state index contributed by atoms with van der Waals surface area (Å²) in [6.07, 6.45) is 4.12. The predicted octanol–water partition coefficient (Wildman–Crippen LogP) is 3.92. The number of benzene rings is 1. The maximum Gasteiger partial charge on any atom is 0.137 e. The van der Waals surface area contributed by atoms with Crippen LogP contribution in [0.1, 0.15) is 56.6 Å². The predicted molar refractivity (Wildman–Crippen MR) is 87.2 cm³/mol. The fraction of sp³-hybridized carbons (Fsp3) is 0.526. The molecule has 1 aromatic rings. The summed E-state index contributed by atoms with van der Waals surface area (Å²) in [6, 6.07) is 9.69. The first kappa shape index (κ1) is 14.5. The van der Waals surface area contributed by atoms with Gasteiger partial charge in [-0.05, 0) is 43.2 Å². The molecule has 21 heavy (non-hydrogen) atoms. The molecule has 0 amide bonds. The molecule has 112 valence electrons. The molecule has 2 heteroatoms. The number of Topliss-reactive ketones (excluding diaryl/α,β-unsaturated/α-hetero) is 1. The van der Waals surface area contributed by atoms with E-state index < -0.39 is 0 Å². The van der Waals surface area contributed by atoms with Crippen molar-refractivity contribution in [3.63, 3.8) is 0 Å². The van der Waals surface area contributed by atoms with Gasteiger partial charge in [0.2, 0.25) is 0 Å². The summed E-state index contributed by atoms with van der Waals surface area (Å²) >= 11 is 0. The molecule has 2 aliphatic heterocycles. The van der Waals surface area contributed by atoms with E-state index in [0.29, 0.717) is 30.2 Å². The molecule has 0 radical (unpaired) electrons. The Morgan fingerprint density at radius 2 is 2.00 bits per heavy atom. The highest BCUT2D eigenvalue weighted by atomic mass is 16.1. The third-order valence-corrected chi connectivity index (χ3v) is 5.23. The van der Waals surface area contributed by atoms with Crippen LogP contribution in [0.15, 0.2) is 30.8 Å². The SMILES string of the molecule is C=C(C)c1ccc([C@H]2CC3CCC(N3)[C@H]2C(=O)CC)cc1. The minimum Gasteiger partial charge on any atom is -0.310 e. The first-order valence-electron chi connectivity index (χ1n) is 8.14. The van der Waals surface area contributed by atoms with Crippen molar-refractivity contribution in [3.8, 4) is 0 Å². The number of rotatable bonds is 4. The van der Waals surface area contributed by atoms with Crippen LogP contribution in [0.4, 0.5) is 0 Å². The van der Waals surface area contributed by atoms with Gasteiger partial charge in [0.1, 0.15) is 5.78 Å². The van der Waals surface area contributed by atoms with E-state index in [9.17, 15) is 4.79 Å². The van der Waals surface area contributed by atoms with E-state index in [1.54, 1.807) is 0 Å². The van der Waals surface area contributed by atoms with Gasteiger partial charge in [0.05, 0.1) is 0 Å². The molecule has 2 unspecified atom stereocenters. The molecule has 0 aliphatic carbocycles. The van der Waals surface area contributed by atoms with Crippen molar-refractivity contribution in [2.75, 3.05) is 0 Å². The molecule has 2 heterocycles. The number of hydrogen-bond acceptors (Lipinski definition) is 2. The number of carbonyl (C=O) groups excluding carboxylic acids is 1. The normalized spacial score (nSPS) is 31.1. The Labute approximate surface area is 127 Å². The second-order valence-corrected chi connectivity index (χ2v) is 6.64. The molecular formula is C19H25NO. The Kier molecular flexibility index (Phi) is 3.99. The quantitative estimate of drug-likeness (QED) is 0.907. The summed E-state index contributed by atoms with van der Waals surface area (Å²) in [5.74, 6) is 0.960. The lowest BCUT2D eigenvalue weighted by atomic mass is 9.74. The molecule has 0 spiro atoms. The maximum atomic E-state index is 12.5. The highest BCUT2D eigenvalue weighted by Crippen LogP contribution is 2.42. The molecule has 1 aromatic carbocycles. The molecule has 4 atom stereocenters. The van der Waals surface area contributed by atoms with E-state index in [-0.39, 0.29) is 5.92 Å². The van der Waals surface area contributed by atoms with Gasteiger partial charge in [-0.25, -0.2) is 0 Å². The van der Waals surface area contributed by atoms with Crippen molar-refractivity contribution >= 4 is 11.4 Å². The van der Waals surface area contributed by atoms with Gasteiger partial charge in [-0.3, -0.25) is 4.79 Å². The topological polar surface area (TPSA) is 29.1 Å². The van der Waals surface area contributed by atoms with Gasteiger partial charge in [0.15, 0.2) is 0 Å². The number of nitrogens with one attached hydrogen (secondary N) is 1. The largest absolute Gasteiger partial charge is 0.310 e. The average molecular weight is 283 g/mol. The third kappa shape index (κ3) is 2.69. The first-order valence-corrected chi connectivity index (χ1v) is 8.14. The molecule has 2 nitrogen and oxygen atoms in total. The average Bonchev–Trinajstić information content (AvgIpc) is 2.88. The van der Waals surface area contributed by atoms with Crippen molar-refractivity contribution in [2.24, 2.45) is 5.92 Å². The molecule has 0 saturated carbocycles. The Balaban J connectivity index is 1.90. The zero-order valence-electron chi connectivity index (χ0n) is 13.1. The number of hydrogen-bond donors (Lipinski definition) is 1. The number of ketones is 1. The smallest absolute Gasteiger partial charge is 0.137 e. The monoisotopic (exact) mass is 283 g/mol. The molecule has 0 aromatic heterocycles. The molecular weight excluding hydrogens is 258 g/mol. The van der Waals surface area contributed by atoms with Gasteiger partial charge in [-0.1, -0.05) is 43.3 Å². The van der Waals surface area contributed by atoms with Crippen LogP contribution in [0.25, 0.3) is 5.57 Å². The number of carbonyl (C=O) groups is 1. The third-order valence-electron chi connectivity index (χ3n) is 5.23. The second-order valence-electron chi connectivity index (χ2n) is 6.64. The zero-order valence-corrected chi connectivity index (χ0v) is 13.1. The van der Waals surface area contributed by atoms with Crippen LogP contribution in [0.2, 0.25) is 0 Å². The summed E-state index contributed by atoms with van der Waals surface area (Å²) < 4.78 is 0. The standard InChI is InChI=1S/C19H25NO/c1-4-18(21)19-16(11-15-9-10-17(19)20-15)14-7-5-13(6-8-14)12(2)3/h5-8,15-17,19-20H,2,4,9-11H2,1,3H3/t15?,16-,17?,19+/m1/s1. The molecule has 1 N–H and O–H groups in total. The van der Waals surface area contributed by atoms with Gasteiger partial charge in [0, 0.05) is 24.4 Å². The number of fused-ring (bicyclic) bond motifs is 2. The lowest BCUT2D eigenvalue weighted by molar-refractivity contribution is -0.124. The van der Waals surface area contributed by atoms with E-state index in [2.05, 4.69) is 36.2 Å². The van der Waals surface area contributed by atoms with Crippen LogP contribution in [0.5, 0.6) is 0 Å². The fourth-order valence-corrected chi connectivity index (χ4v) is 4.10. The van der Waals surface area contributed by atoms with Gasteiger partial charge in [-0.15, -0.1) is 0 Å². The molecule has 3 rings (SSSR count). The van der Waals surface area contributed by atoms with Gasteiger partial charge >= 0.3 is 0 Å². The van der Waals surface area contributed by atoms with Crippen molar-refractivity contribution in [2.45, 2.75) is 57.5 Å². The van der Waals surface area contributed by atoms with Gasteiger partial charge in [0.25, 0.3) is 0 Å². The van der Waals surface area contributed by atoms with Crippen LogP contribution in [-0.2, 0) is 4.79 Å². The zero-order chi connectivity index (χ0) is 15.0. The molecule has 2 saturated heterocycles. The Bertz CT molecular complexity index is 545. The van der Waals surface area contributed by atoms with E-state index in [1.807, 2.05) is 13.8 Å². The maximum absolute atomic E-state index is 12.5. The van der Waals surface area contributed by atoms with Crippen molar-refractivity contribution < 1.29 is 4.79 Å². The summed E-state index contributed by atoms with van der Waals surface area (Å²) in [7, 11) is 0. The lowest BCUT2D eigenvalue weighted by Gasteiger charge is -2.37. The highest BCUT2D eigenvalue weighted by molar-refractivity contribution is 5.82. The van der Waals surface area contributed by atoms with E-state index in [4.69, 9.17) is 0 Å². The van der Waals surface area contributed by atoms with Crippen LogP contribution < -0.4 is 5.32 Å².